The van der Waals surface area contributed by atoms with Gasteiger partial charge in [0.05, 0.1) is 0 Å². The second-order valence-corrected chi connectivity index (χ2v) is 3.41. The van der Waals surface area contributed by atoms with Crippen molar-refractivity contribution in [2.24, 2.45) is 0 Å². The number of halogens is 1. The van der Waals surface area contributed by atoms with Gasteiger partial charge in [-0.05, 0) is 37.3 Å². The molecule has 1 fully saturated rings. The second-order valence-electron chi connectivity index (χ2n) is 3.03. The molecule has 1 saturated carbocycles. The lowest BCUT2D eigenvalue weighted by molar-refractivity contribution is 0.932. The maximum atomic E-state index is 6.04. The lowest BCUT2D eigenvalue weighted by Gasteiger charge is -2.03. The van der Waals surface area contributed by atoms with E-state index in [4.69, 9.17) is 11.6 Å². The number of allylic oxidation sites excluding steroid dienone is 4. The van der Waals surface area contributed by atoms with Crippen molar-refractivity contribution in [2.45, 2.75) is 26.2 Å². The van der Waals surface area contributed by atoms with Gasteiger partial charge < -0.3 is 0 Å². The summed E-state index contributed by atoms with van der Waals surface area (Å²) in [5, 5.41) is 0.826. The quantitative estimate of drug-likeness (QED) is 0.559. The van der Waals surface area contributed by atoms with Crippen LogP contribution in [0.25, 0.3) is 0 Å². The van der Waals surface area contributed by atoms with E-state index in [1.165, 1.54) is 17.6 Å². The topological polar surface area (TPSA) is 0 Å². The summed E-state index contributed by atoms with van der Waals surface area (Å²) in [6, 6.07) is 0. The molecule has 0 saturated heterocycles. The number of rotatable bonds is 1. The van der Waals surface area contributed by atoms with Crippen LogP contribution in [0.3, 0.4) is 0 Å². The third kappa shape index (κ3) is 1.75. The summed E-state index contributed by atoms with van der Waals surface area (Å²) in [4.78, 5) is 0. The van der Waals surface area contributed by atoms with Crippen LogP contribution in [0.4, 0.5) is 0 Å². The fraction of sp³-hybridized carbons (Fsp3) is 0.400. The van der Waals surface area contributed by atoms with Crippen LogP contribution < -0.4 is 0 Å². The van der Waals surface area contributed by atoms with Gasteiger partial charge in [0.1, 0.15) is 0 Å². The predicted octanol–water partition coefficient (Wildman–Crippen LogP) is 3.80. The molecule has 0 bridgehead atoms. The van der Waals surface area contributed by atoms with Crippen molar-refractivity contribution in [3.63, 3.8) is 0 Å². The van der Waals surface area contributed by atoms with Crippen LogP contribution in [0.1, 0.15) is 26.2 Å². The Morgan fingerprint density at radius 3 is 2.45 bits per heavy atom. The molecule has 0 aromatic heterocycles. The van der Waals surface area contributed by atoms with Gasteiger partial charge in [-0.2, -0.15) is 0 Å². The molecule has 0 radical (unpaired) electrons. The van der Waals surface area contributed by atoms with Crippen molar-refractivity contribution >= 4 is 11.6 Å². The molecular weight excluding hydrogens is 156 g/mol. The van der Waals surface area contributed by atoms with Crippen molar-refractivity contribution in [2.75, 3.05) is 0 Å². The first-order chi connectivity index (χ1) is 5.13. The Labute approximate surface area is 73.3 Å². The van der Waals surface area contributed by atoms with E-state index >= 15 is 0 Å². The highest BCUT2D eigenvalue weighted by Gasteiger charge is 2.15. The average molecular weight is 169 g/mol. The van der Waals surface area contributed by atoms with Crippen LogP contribution in [-0.2, 0) is 0 Å². The van der Waals surface area contributed by atoms with Crippen molar-refractivity contribution in [3.8, 4) is 0 Å². The summed E-state index contributed by atoms with van der Waals surface area (Å²) in [5.41, 5.74) is 3.36. The summed E-state index contributed by atoms with van der Waals surface area (Å²) in [5.74, 6) is 0. The van der Waals surface area contributed by atoms with Crippen LogP contribution in [0, 0.1) is 0 Å². The monoisotopic (exact) mass is 168 g/mol. The minimum absolute atomic E-state index is 0.826. The van der Waals surface area contributed by atoms with Crippen molar-refractivity contribution < 1.29 is 0 Å². The van der Waals surface area contributed by atoms with Gasteiger partial charge in [0.15, 0.2) is 0 Å². The van der Waals surface area contributed by atoms with Gasteiger partial charge in [-0.3, -0.25) is 0 Å². The molecule has 0 N–H and O–H groups in total. The molecule has 11 heavy (non-hydrogen) atoms. The van der Waals surface area contributed by atoms with Gasteiger partial charge in [-0.1, -0.05) is 30.3 Å². The molecule has 0 nitrogen and oxygen atoms in total. The molecule has 0 spiro atoms. The highest BCUT2D eigenvalue weighted by Crippen LogP contribution is 2.34. The van der Waals surface area contributed by atoms with E-state index in [0.717, 1.165) is 23.4 Å². The molecule has 1 aliphatic carbocycles. The van der Waals surface area contributed by atoms with E-state index in [1.807, 2.05) is 6.92 Å². The predicted molar refractivity (Wildman–Crippen MR) is 50.7 cm³/mol. The van der Waals surface area contributed by atoms with Crippen molar-refractivity contribution in [3.05, 3.63) is 34.9 Å². The molecule has 1 heteroatoms. The second kappa shape index (κ2) is 3.27. The Morgan fingerprint density at radius 2 is 2.09 bits per heavy atom. The molecule has 0 unspecified atom stereocenters. The Bertz CT molecular complexity index is 233. The van der Waals surface area contributed by atoms with Gasteiger partial charge in [0, 0.05) is 5.03 Å². The Hall–Kier alpha value is -0.490. The molecular formula is C10H13Cl. The largest absolute Gasteiger partial charge is 0.0955 e. The number of hydrogen-bond acceptors (Lipinski definition) is 0. The summed E-state index contributed by atoms with van der Waals surface area (Å²) in [6.07, 6.45) is 3.36. The summed E-state index contributed by atoms with van der Waals surface area (Å²) in [6.45, 7) is 9.69. The van der Waals surface area contributed by atoms with Crippen LogP contribution in [-0.4, -0.2) is 0 Å². The van der Waals surface area contributed by atoms with Gasteiger partial charge >= 0.3 is 0 Å². The highest BCUT2D eigenvalue weighted by atomic mass is 35.5. The van der Waals surface area contributed by atoms with E-state index in [-0.39, 0.29) is 0 Å². The summed E-state index contributed by atoms with van der Waals surface area (Å²) >= 11 is 6.04. The van der Waals surface area contributed by atoms with Gasteiger partial charge in [-0.15, -0.1) is 0 Å². The third-order valence-corrected chi connectivity index (χ3v) is 2.52. The van der Waals surface area contributed by atoms with E-state index in [2.05, 4.69) is 13.2 Å². The van der Waals surface area contributed by atoms with Crippen LogP contribution in [0.2, 0.25) is 0 Å². The molecule has 0 heterocycles. The van der Waals surface area contributed by atoms with Crippen molar-refractivity contribution in [1.82, 2.24) is 0 Å². The minimum atomic E-state index is 0.826. The first kappa shape index (κ1) is 8.61. The molecule has 60 valence electrons. The smallest absolute Gasteiger partial charge is 0.0463 e. The number of hydrogen-bond donors (Lipinski definition) is 0. The maximum absolute atomic E-state index is 6.04. The van der Waals surface area contributed by atoms with Gasteiger partial charge in [0.25, 0.3) is 0 Å². The van der Waals surface area contributed by atoms with E-state index in [0.29, 0.717) is 0 Å². The fourth-order valence-electron chi connectivity index (χ4n) is 1.33. The van der Waals surface area contributed by atoms with Crippen LogP contribution in [0.5, 0.6) is 0 Å². The first-order valence-electron chi connectivity index (χ1n) is 3.85. The standard InChI is InChI=1S/C10H13Cl/c1-7(2)10(11)9-6-4-5-8(9)3/h1,3-6H2,2H3/b10-9+. The zero-order valence-electron chi connectivity index (χ0n) is 6.91. The van der Waals surface area contributed by atoms with Crippen molar-refractivity contribution in [1.29, 1.82) is 0 Å². The molecule has 1 rings (SSSR count). The van der Waals surface area contributed by atoms with E-state index < -0.39 is 0 Å². The lowest BCUT2D eigenvalue weighted by Crippen LogP contribution is -1.83. The summed E-state index contributed by atoms with van der Waals surface area (Å²) < 4.78 is 0. The van der Waals surface area contributed by atoms with Crippen LogP contribution in [0.15, 0.2) is 34.9 Å². The summed E-state index contributed by atoms with van der Waals surface area (Å²) in [7, 11) is 0. The van der Waals surface area contributed by atoms with Crippen LogP contribution >= 0.6 is 11.6 Å². The normalized spacial score (nSPS) is 22.2. The zero-order chi connectivity index (χ0) is 8.43. The Balaban J connectivity index is 2.94. The first-order valence-corrected chi connectivity index (χ1v) is 4.23. The minimum Gasteiger partial charge on any atom is -0.0955 e. The van der Waals surface area contributed by atoms with Gasteiger partial charge in [0.2, 0.25) is 0 Å². The molecule has 0 aromatic rings. The van der Waals surface area contributed by atoms with E-state index in [9.17, 15) is 0 Å². The molecule has 0 aliphatic heterocycles. The molecule has 0 atom stereocenters. The molecule has 0 amide bonds. The fourth-order valence-corrected chi connectivity index (χ4v) is 1.56. The lowest BCUT2D eigenvalue weighted by atomic mass is 10.1. The molecule has 0 aromatic carbocycles. The average Bonchev–Trinajstić information content (AvgIpc) is 2.33. The maximum Gasteiger partial charge on any atom is 0.0463 e. The zero-order valence-corrected chi connectivity index (χ0v) is 7.67. The Morgan fingerprint density at radius 1 is 1.45 bits per heavy atom. The third-order valence-electron chi connectivity index (χ3n) is 1.97. The van der Waals surface area contributed by atoms with Gasteiger partial charge in [-0.25, -0.2) is 0 Å². The highest BCUT2D eigenvalue weighted by molar-refractivity contribution is 6.32. The molecule has 1 aliphatic rings. The SMILES string of the molecule is C=C(C)/C(Cl)=C1/CCCC1=C. The van der Waals surface area contributed by atoms with E-state index in [1.54, 1.807) is 0 Å². The Kier molecular flexibility index (Phi) is 2.56.